The number of esters is 4. The lowest BCUT2D eigenvalue weighted by atomic mass is 10.1. The molecular formula is C34H26O10. The van der Waals surface area contributed by atoms with E-state index in [9.17, 15) is 19.2 Å². The van der Waals surface area contributed by atoms with Crippen LogP contribution in [0, 0.1) is 0 Å². The maximum Gasteiger partial charge on any atom is 0.338 e. The highest BCUT2D eigenvalue weighted by Crippen LogP contribution is 2.32. The van der Waals surface area contributed by atoms with Gasteiger partial charge in [0.05, 0.1) is 24.3 Å². The molecule has 44 heavy (non-hydrogen) atoms. The van der Waals surface area contributed by atoms with Gasteiger partial charge in [-0.25, -0.2) is 19.2 Å². The Kier molecular flexibility index (Phi) is 7.93. The van der Waals surface area contributed by atoms with Gasteiger partial charge >= 0.3 is 23.9 Å². The summed E-state index contributed by atoms with van der Waals surface area (Å²) >= 11 is 0. The van der Waals surface area contributed by atoms with Crippen molar-refractivity contribution in [1.29, 1.82) is 0 Å². The van der Waals surface area contributed by atoms with Gasteiger partial charge in [0.2, 0.25) is 0 Å². The number of ether oxygens (including phenoxy) is 6. The maximum absolute atomic E-state index is 13.0. The highest BCUT2D eigenvalue weighted by molar-refractivity contribution is 5.97. The van der Waals surface area contributed by atoms with E-state index in [1.54, 1.807) is 72.8 Å². The summed E-state index contributed by atoms with van der Waals surface area (Å²) in [5, 5.41) is 3.06. The van der Waals surface area contributed by atoms with Gasteiger partial charge in [-0.05, 0) is 70.1 Å². The van der Waals surface area contributed by atoms with E-state index in [4.69, 9.17) is 28.4 Å². The Balaban J connectivity index is 1.07. The van der Waals surface area contributed by atoms with E-state index in [2.05, 4.69) is 13.2 Å². The van der Waals surface area contributed by atoms with Crippen LogP contribution in [0.3, 0.4) is 0 Å². The summed E-state index contributed by atoms with van der Waals surface area (Å²) in [5.41, 5.74) is 0.667. The predicted molar refractivity (Wildman–Crippen MR) is 157 cm³/mol. The van der Waals surface area contributed by atoms with Crippen molar-refractivity contribution in [2.45, 2.75) is 24.4 Å². The fraction of sp³-hybridized carbons (Fsp3) is 0.176. The molecule has 2 fully saturated rings. The molecule has 0 bridgehead atoms. The van der Waals surface area contributed by atoms with Crippen LogP contribution < -0.4 is 9.47 Å². The van der Waals surface area contributed by atoms with Crippen LogP contribution in [0.1, 0.15) is 20.7 Å². The van der Waals surface area contributed by atoms with Crippen LogP contribution in [-0.4, -0.2) is 61.5 Å². The summed E-state index contributed by atoms with van der Waals surface area (Å²) in [6.07, 6.45) is -0.388. The van der Waals surface area contributed by atoms with Crippen molar-refractivity contribution < 1.29 is 47.6 Å². The van der Waals surface area contributed by atoms with E-state index >= 15 is 0 Å². The summed E-state index contributed by atoms with van der Waals surface area (Å²) in [6.45, 7) is 6.95. The van der Waals surface area contributed by atoms with Gasteiger partial charge in [0, 0.05) is 12.2 Å². The van der Waals surface area contributed by atoms with Crippen LogP contribution >= 0.6 is 0 Å². The molecule has 6 rings (SSSR count). The predicted octanol–water partition coefficient (Wildman–Crippen LogP) is 4.72. The molecule has 0 N–H and O–H groups in total. The minimum absolute atomic E-state index is 0.0927. The minimum atomic E-state index is -0.683. The lowest BCUT2D eigenvalue weighted by molar-refractivity contribution is -0.129. The average molecular weight is 595 g/mol. The number of carbonyl (C=O) groups is 4. The van der Waals surface area contributed by atoms with Gasteiger partial charge in [0.1, 0.15) is 23.7 Å². The highest BCUT2D eigenvalue weighted by atomic mass is 16.7. The van der Waals surface area contributed by atoms with Crippen molar-refractivity contribution in [3.8, 4) is 11.5 Å². The molecule has 2 aliphatic rings. The van der Waals surface area contributed by atoms with Crippen molar-refractivity contribution in [3.63, 3.8) is 0 Å². The van der Waals surface area contributed by atoms with Gasteiger partial charge < -0.3 is 28.4 Å². The van der Waals surface area contributed by atoms with E-state index in [1.165, 1.54) is 0 Å². The molecule has 4 aromatic carbocycles. The third kappa shape index (κ3) is 5.94. The zero-order chi connectivity index (χ0) is 30.8. The Labute approximate surface area is 251 Å². The first-order chi connectivity index (χ1) is 21.3. The SMILES string of the molecule is C=CC(=O)Oc1ccc2cc(C(=O)OC3COC4C3OC[C@H]4OC(=O)c3ccc4cc(OC(=O)C=C)ccc4c3)ccc2c1. The summed E-state index contributed by atoms with van der Waals surface area (Å²) in [4.78, 5) is 48.9. The van der Waals surface area contributed by atoms with Crippen LogP contribution in [0.2, 0.25) is 0 Å². The Morgan fingerprint density at radius 3 is 1.39 bits per heavy atom. The molecule has 0 radical (unpaired) electrons. The summed E-state index contributed by atoms with van der Waals surface area (Å²) in [7, 11) is 0. The molecule has 10 heteroatoms. The lowest BCUT2D eigenvalue weighted by Gasteiger charge is -2.17. The van der Waals surface area contributed by atoms with Gasteiger partial charge in [0.15, 0.2) is 12.2 Å². The molecule has 0 spiro atoms. The van der Waals surface area contributed by atoms with Crippen molar-refractivity contribution in [2.24, 2.45) is 0 Å². The van der Waals surface area contributed by atoms with Crippen molar-refractivity contribution in [2.75, 3.05) is 13.2 Å². The summed E-state index contributed by atoms with van der Waals surface area (Å²) in [5.74, 6) is -1.50. The van der Waals surface area contributed by atoms with Gasteiger partial charge in [-0.1, -0.05) is 37.4 Å². The number of fused-ring (bicyclic) bond motifs is 3. The van der Waals surface area contributed by atoms with Gasteiger partial charge in [0.25, 0.3) is 0 Å². The van der Waals surface area contributed by atoms with Crippen LogP contribution in [0.25, 0.3) is 21.5 Å². The lowest BCUT2D eigenvalue weighted by Crippen LogP contribution is -2.36. The Bertz CT molecular complexity index is 1690. The van der Waals surface area contributed by atoms with E-state index in [0.717, 1.165) is 33.7 Å². The molecule has 222 valence electrons. The second-order valence-corrected chi connectivity index (χ2v) is 10.2. The zero-order valence-corrected chi connectivity index (χ0v) is 23.3. The first kappa shape index (κ1) is 28.8. The topological polar surface area (TPSA) is 124 Å². The fourth-order valence-corrected chi connectivity index (χ4v) is 5.19. The van der Waals surface area contributed by atoms with E-state index < -0.39 is 48.3 Å². The van der Waals surface area contributed by atoms with E-state index in [1.807, 2.05) is 0 Å². The largest absolute Gasteiger partial charge is 0.453 e. The minimum Gasteiger partial charge on any atom is -0.453 e. The molecule has 10 nitrogen and oxygen atoms in total. The third-order valence-corrected chi connectivity index (χ3v) is 7.34. The zero-order valence-electron chi connectivity index (χ0n) is 23.3. The van der Waals surface area contributed by atoms with Crippen LogP contribution in [-0.2, 0) is 28.5 Å². The molecule has 4 aromatic rings. The van der Waals surface area contributed by atoms with Gasteiger partial charge in [-0.15, -0.1) is 0 Å². The molecule has 2 aliphatic heterocycles. The Morgan fingerprint density at radius 1 is 0.591 bits per heavy atom. The normalized spacial score (nSPS) is 20.5. The molecular weight excluding hydrogens is 568 g/mol. The number of benzene rings is 4. The standard InChI is InChI=1S/C34H26O10/c1-3-29(35)41-25-11-9-19-13-23(7-5-21(19)15-25)33(37)43-27-17-39-32-28(18-40-31(27)32)44-34(38)24-8-6-22-16-26(42-30(36)4-2)12-10-20(22)14-24/h3-16,27-28,31-32H,1-2,17-18H2/t27-,28?,31?,32?/m1/s1. The smallest absolute Gasteiger partial charge is 0.338 e. The van der Waals surface area contributed by atoms with Gasteiger partial charge in [-0.3, -0.25) is 0 Å². The molecule has 0 amide bonds. The number of hydrogen-bond acceptors (Lipinski definition) is 10. The highest BCUT2D eigenvalue weighted by Gasteiger charge is 2.51. The quantitative estimate of drug-likeness (QED) is 0.161. The van der Waals surface area contributed by atoms with E-state index in [0.29, 0.717) is 22.6 Å². The summed E-state index contributed by atoms with van der Waals surface area (Å²) < 4.78 is 33.5. The second kappa shape index (κ2) is 12.1. The van der Waals surface area contributed by atoms with Crippen LogP contribution in [0.5, 0.6) is 11.5 Å². The molecule has 4 atom stereocenters. The maximum atomic E-state index is 13.0. The first-order valence-corrected chi connectivity index (χ1v) is 13.7. The number of rotatable bonds is 8. The van der Waals surface area contributed by atoms with Crippen LogP contribution in [0.15, 0.2) is 98.1 Å². The van der Waals surface area contributed by atoms with Crippen LogP contribution in [0.4, 0.5) is 0 Å². The molecule has 0 aliphatic carbocycles. The Morgan fingerprint density at radius 2 is 0.977 bits per heavy atom. The number of carbonyl (C=O) groups excluding carboxylic acids is 4. The molecule has 0 saturated carbocycles. The van der Waals surface area contributed by atoms with E-state index in [-0.39, 0.29) is 13.2 Å². The third-order valence-electron chi connectivity index (χ3n) is 7.34. The average Bonchev–Trinajstić information content (AvgIpc) is 3.63. The van der Waals surface area contributed by atoms with Crippen molar-refractivity contribution in [3.05, 3.63) is 109 Å². The first-order valence-electron chi connectivity index (χ1n) is 13.7. The molecule has 2 saturated heterocycles. The van der Waals surface area contributed by atoms with Crippen molar-refractivity contribution in [1.82, 2.24) is 0 Å². The molecule has 2 heterocycles. The van der Waals surface area contributed by atoms with Crippen molar-refractivity contribution >= 4 is 45.4 Å². The fourth-order valence-electron chi connectivity index (χ4n) is 5.19. The second-order valence-electron chi connectivity index (χ2n) is 10.2. The Hall–Kier alpha value is -5.32. The molecule has 0 aromatic heterocycles. The monoisotopic (exact) mass is 594 g/mol. The number of hydrogen-bond donors (Lipinski definition) is 0. The summed E-state index contributed by atoms with van der Waals surface area (Å²) in [6, 6.07) is 20.2. The molecule has 3 unspecified atom stereocenters. The van der Waals surface area contributed by atoms with Gasteiger partial charge in [-0.2, -0.15) is 0 Å².